The van der Waals surface area contributed by atoms with Crippen molar-refractivity contribution >= 4 is 17.5 Å². The lowest BCUT2D eigenvalue weighted by molar-refractivity contribution is -0.126. The molecular formula is C26H26N2O2. The van der Waals surface area contributed by atoms with Gasteiger partial charge in [0.1, 0.15) is 5.54 Å². The number of anilines is 1. The molecule has 1 aliphatic heterocycles. The van der Waals surface area contributed by atoms with E-state index in [-0.39, 0.29) is 11.8 Å². The van der Waals surface area contributed by atoms with E-state index in [1.54, 1.807) is 4.90 Å². The summed E-state index contributed by atoms with van der Waals surface area (Å²) in [6.45, 7) is 4.37. The first kappa shape index (κ1) is 19.9. The van der Waals surface area contributed by atoms with Gasteiger partial charge in [-0.2, -0.15) is 0 Å². The lowest BCUT2D eigenvalue weighted by Crippen LogP contribution is -2.63. The molecule has 2 amide bonds. The molecule has 3 aromatic carbocycles. The maximum atomic E-state index is 13.6. The van der Waals surface area contributed by atoms with Gasteiger partial charge in [-0.05, 0) is 48.2 Å². The Kier molecular flexibility index (Phi) is 5.40. The molecule has 1 N–H and O–H groups in total. The monoisotopic (exact) mass is 398 g/mol. The van der Waals surface area contributed by atoms with Gasteiger partial charge in [-0.25, -0.2) is 0 Å². The molecule has 0 aromatic heterocycles. The second kappa shape index (κ2) is 8.15. The highest BCUT2D eigenvalue weighted by Crippen LogP contribution is 2.36. The van der Waals surface area contributed by atoms with Crippen LogP contribution in [0.1, 0.15) is 40.9 Å². The van der Waals surface area contributed by atoms with E-state index in [1.807, 2.05) is 85.8 Å². The Morgan fingerprint density at radius 1 is 0.967 bits per heavy atom. The molecule has 0 saturated heterocycles. The predicted molar refractivity (Wildman–Crippen MR) is 119 cm³/mol. The van der Waals surface area contributed by atoms with E-state index in [1.165, 1.54) is 0 Å². The van der Waals surface area contributed by atoms with Crippen LogP contribution in [0.4, 0.5) is 5.69 Å². The average Bonchev–Trinajstić information content (AvgIpc) is 2.78. The lowest BCUT2D eigenvalue weighted by atomic mass is 9.82. The highest BCUT2D eigenvalue weighted by molar-refractivity contribution is 6.14. The topological polar surface area (TPSA) is 49.4 Å². The van der Waals surface area contributed by atoms with Gasteiger partial charge >= 0.3 is 0 Å². The van der Waals surface area contributed by atoms with E-state index in [9.17, 15) is 9.59 Å². The summed E-state index contributed by atoms with van der Waals surface area (Å²) < 4.78 is 0. The molecule has 0 saturated carbocycles. The van der Waals surface area contributed by atoms with Gasteiger partial charge < -0.3 is 5.32 Å². The van der Waals surface area contributed by atoms with Crippen molar-refractivity contribution in [1.82, 2.24) is 5.32 Å². The lowest BCUT2D eigenvalue weighted by Gasteiger charge is -2.44. The first-order valence-corrected chi connectivity index (χ1v) is 10.4. The summed E-state index contributed by atoms with van der Waals surface area (Å²) in [4.78, 5) is 28.7. The molecule has 0 bridgehead atoms. The standard InChI is InChI=1S/C26H26N2O2/c1-3-19-12-9-14-22(16-19)28-24(29)23-15-8-7-13-21(23)17-26(28,2)25(30)27-18-20-10-5-4-6-11-20/h4-16H,3,17-18H2,1-2H3,(H,27,30)/t26-/m1/s1. The summed E-state index contributed by atoms with van der Waals surface area (Å²) in [5, 5.41) is 3.06. The summed E-state index contributed by atoms with van der Waals surface area (Å²) in [5.41, 5.74) is 3.46. The molecule has 0 unspecified atom stereocenters. The van der Waals surface area contributed by atoms with Gasteiger partial charge in [-0.1, -0.05) is 67.6 Å². The second-order valence-electron chi connectivity index (χ2n) is 7.94. The first-order chi connectivity index (χ1) is 14.5. The van der Waals surface area contributed by atoms with Crippen molar-refractivity contribution in [3.05, 3.63) is 101 Å². The van der Waals surface area contributed by atoms with E-state index >= 15 is 0 Å². The fourth-order valence-corrected chi connectivity index (χ4v) is 4.15. The third-order valence-corrected chi connectivity index (χ3v) is 5.84. The summed E-state index contributed by atoms with van der Waals surface area (Å²) in [7, 11) is 0. The zero-order valence-electron chi connectivity index (χ0n) is 17.4. The normalized spacial score (nSPS) is 18.1. The Labute approximate surface area is 177 Å². The Morgan fingerprint density at radius 2 is 1.67 bits per heavy atom. The summed E-state index contributed by atoms with van der Waals surface area (Å²) in [6, 6.07) is 25.3. The van der Waals surface area contributed by atoms with E-state index in [0.717, 1.165) is 28.8 Å². The molecule has 4 rings (SSSR count). The molecule has 152 valence electrons. The van der Waals surface area contributed by atoms with Crippen molar-refractivity contribution in [2.75, 3.05) is 4.90 Å². The average molecular weight is 399 g/mol. The zero-order valence-corrected chi connectivity index (χ0v) is 17.4. The predicted octanol–water partition coefficient (Wildman–Crippen LogP) is 4.53. The van der Waals surface area contributed by atoms with Crippen molar-refractivity contribution in [3.63, 3.8) is 0 Å². The number of carbonyl (C=O) groups is 2. The van der Waals surface area contributed by atoms with E-state index in [2.05, 4.69) is 12.2 Å². The number of rotatable bonds is 5. The molecule has 1 heterocycles. The Morgan fingerprint density at radius 3 is 2.43 bits per heavy atom. The van der Waals surface area contributed by atoms with Crippen LogP contribution in [0.3, 0.4) is 0 Å². The van der Waals surface area contributed by atoms with Crippen LogP contribution in [0.5, 0.6) is 0 Å². The molecule has 1 atom stereocenters. The number of amides is 2. The molecule has 4 nitrogen and oxygen atoms in total. The molecular weight excluding hydrogens is 372 g/mol. The minimum absolute atomic E-state index is 0.137. The van der Waals surface area contributed by atoms with E-state index in [0.29, 0.717) is 18.5 Å². The van der Waals surface area contributed by atoms with Gasteiger partial charge in [0.05, 0.1) is 0 Å². The van der Waals surface area contributed by atoms with Gasteiger partial charge in [0.2, 0.25) is 5.91 Å². The molecule has 3 aromatic rings. The Balaban J connectivity index is 1.73. The van der Waals surface area contributed by atoms with E-state index < -0.39 is 5.54 Å². The number of hydrogen-bond donors (Lipinski definition) is 1. The smallest absolute Gasteiger partial charge is 0.259 e. The summed E-state index contributed by atoms with van der Waals surface area (Å²) in [6.07, 6.45) is 1.33. The van der Waals surface area contributed by atoms with Crippen LogP contribution in [0, 0.1) is 0 Å². The third kappa shape index (κ3) is 3.61. The molecule has 1 aliphatic rings. The van der Waals surface area contributed by atoms with Crippen LogP contribution in [0.15, 0.2) is 78.9 Å². The van der Waals surface area contributed by atoms with Crippen molar-refractivity contribution in [2.45, 2.75) is 38.8 Å². The SMILES string of the molecule is CCc1cccc(N2C(=O)c3ccccc3C[C@]2(C)C(=O)NCc2ccccc2)c1. The van der Waals surface area contributed by atoms with Crippen molar-refractivity contribution in [1.29, 1.82) is 0 Å². The van der Waals surface area contributed by atoms with E-state index in [4.69, 9.17) is 0 Å². The van der Waals surface area contributed by atoms with Crippen LogP contribution >= 0.6 is 0 Å². The third-order valence-electron chi connectivity index (χ3n) is 5.84. The minimum atomic E-state index is -1.02. The van der Waals surface area contributed by atoms with Gasteiger partial charge in [0.25, 0.3) is 5.91 Å². The van der Waals surface area contributed by atoms with Gasteiger partial charge in [0.15, 0.2) is 0 Å². The molecule has 30 heavy (non-hydrogen) atoms. The number of hydrogen-bond acceptors (Lipinski definition) is 2. The largest absolute Gasteiger partial charge is 0.350 e. The fourth-order valence-electron chi connectivity index (χ4n) is 4.15. The van der Waals surface area contributed by atoms with Crippen LogP contribution in [-0.2, 0) is 24.2 Å². The summed E-state index contributed by atoms with van der Waals surface area (Å²) >= 11 is 0. The minimum Gasteiger partial charge on any atom is -0.350 e. The molecule has 0 fully saturated rings. The van der Waals surface area contributed by atoms with Crippen LogP contribution < -0.4 is 10.2 Å². The number of carbonyl (C=O) groups excluding carboxylic acids is 2. The van der Waals surface area contributed by atoms with Gasteiger partial charge in [-0.3, -0.25) is 14.5 Å². The quantitative estimate of drug-likeness (QED) is 0.687. The highest BCUT2D eigenvalue weighted by atomic mass is 16.2. The number of fused-ring (bicyclic) bond motifs is 1. The number of aryl methyl sites for hydroxylation is 1. The Hall–Kier alpha value is -3.40. The molecule has 0 aliphatic carbocycles. The maximum absolute atomic E-state index is 13.6. The fraction of sp³-hybridized carbons (Fsp3) is 0.231. The number of benzene rings is 3. The van der Waals surface area contributed by atoms with Crippen molar-refractivity contribution in [2.24, 2.45) is 0 Å². The maximum Gasteiger partial charge on any atom is 0.259 e. The van der Waals surface area contributed by atoms with Crippen molar-refractivity contribution in [3.8, 4) is 0 Å². The highest BCUT2D eigenvalue weighted by Gasteiger charge is 2.47. The Bertz CT molecular complexity index is 1080. The summed E-state index contributed by atoms with van der Waals surface area (Å²) in [5.74, 6) is -0.293. The van der Waals surface area contributed by atoms with Crippen LogP contribution in [-0.4, -0.2) is 17.4 Å². The van der Waals surface area contributed by atoms with Gasteiger partial charge in [0, 0.05) is 24.2 Å². The van der Waals surface area contributed by atoms with Crippen molar-refractivity contribution < 1.29 is 9.59 Å². The van der Waals surface area contributed by atoms with Crippen LogP contribution in [0.2, 0.25) is 0 Å². The zero-order chi connectivity index (χ0) is 21.1. The number of nitrogens with one attached hydrogen (secondary N) is 1. The molecule has 4 heteroatoms. The second-order valence-corrected chi connectivity index (χ2v) is 7.94. The molecule has 0 spiro atoms. The number of nitrogens with zero attached hydrogens (tertiary/aromatic N) is 1. The first-order valence-electron chi connectivity index (χ1n) is 10.4. The molecule has 0 radical (unpaired) electrons. The van der Waals surface area contributed by atoms with Gasteiger partial charge in [-0.15, -0.1) is 0 Å². The van der Waals surface area contributed by atoms with Crippen LogP contribution in [0.25, 0.3) is 0 Å².